The molecule has 3 heterocycles. The van der Waals surface area contributed by atoms with Crippen LogP contribution in [0.1, 0.15) is 91.9 Å². The minimum absolute atomic E-state index is 0.0819. The van der Waals surface area contributed by atoms with Gasteiger partial charge in [-0.15, -0.1) is 5.10 Å². The van der Waals surface area contributed by atoms with Crippen molar-refractivity contribution < 1.29 is 4.79 Å². The molecule has 0 aliphatic rings. The van der Waals surface area contributed by atoms with E-state index in [-0.39, 0.29) is 5.78 Å². The third-order valence-electron chi connectivity index (χ3n) is 3.44. The fourth-order valence-electron chi connectivity index (χ4n) is 2.26. The minimum Gasteiger partial charge on any atom is -0.384 e. The molecule has 0 aliphatic carbocycles. The SMILES string of the molecule is CC.CC.CC.CC.CCCCC(=O)c1cc(N)n2nc(-c3ccccn3)nc2c1. The molecule has 0 atom stereocenters. The number of ketones is 1. The fraction of sp³-hybridized carbons (Fsp3) is 0.500. The first-order valence-electron chi connectivity index (χ1n) is 11.3. The van der Waals surface area contributed by atoms with Gasteiger partial charge in [0.15, 0.2) is 11.4 Å². The van der Waals surface area contributed by atoms with Crippen LogP contribution in [0.2, 0.25) is 0 Å². The summed E-state index contributed by atoms with van der Waals surface area (Å²) in [5, 5.41) is 4.35. The highest BCUT2D eigenvalue weighted by Crippen LogP contribution is 2.18. The zero-order valence-electron chi connectivity index (χ0n) is 20.4. The summed E-state index contributed by atoms with van der Waals surface area (Å²) in [4.78, 5) is 20.8. The quantitative estimate of drug-likeness (QED) is 0.460. The molecule has 2 N–H and O–H groups in total. The average molecular weight is 416 g/mol. The number of nitrogens with two attached hydrogens (primary N) is 1. The van der Waals surface area contributed by atoms with E-state index in [2.05, 4.69) is 22.0 Å². The molecular formula is C24H41N5O. The van der Waals surface area contributed by atoms with Gasteiger partial charge in [-0.25, -0.2) is 4.98 Å². The fourth-order valence-corrected chi connectivity index (χ4v) is 2.26. The highest BCUT2D eigenvalue weighted by Gasteiger charge is 2.13. The summed E-state index contributed by atoms with van der Waals surface area (Å²) >= 11 is 0. The van der Waals surface area contributed by atoms with Gasteiger partial charge in [0, 0.05) is 18.2 Å². The first-order valence-corrected chi connectivity index (χ1v) is 11.3. The Hall–Kier alpha value is -2.76. The molecule has 0 bridgehead atoms. The zero-order valence-corrected chi connectivity index (χ0v) is 20.4. The van der Waals surface area contributed by atoms with E-state index in [1.54, 1.807) is 18.3 Å². The molecule has 3 rings (SSSR count). The number of Topliss-reactive ketones (excluding diaryl/α,β-unsaturated/α-hetero) is 1. The summed E-state index contributed by atoms with van der Waals surface area (Å²) in [6.07, 6.45) is 4.06. The molecule has 3 aromatic heterocycles. The van der Waals surface area contributed by atoms with Crippen molar-refractivity contribution in [3.05, 3.63) is 42.1 Å². The van der Waals surface area contributed by atoms with E-state index < -0.39 is 0 Å². The van der Waals surface area contributed by atoms with Gasteiger partial charge in [0.05, 0.1) is 0 Å². The predicted octanol–water partition coefficient (Wildman–Crippen LogP) is 6.85. The Labute approximate surface area is 183 Å². The van der Waals surface area contributed by atoms with E-state index in [0.717, 1.165) is 12.8 Å². The maximum Gasteiger partial charge on any atom is 0.200 e. The van der Waals surface area contributed by atoms with Crippen LogP contribution >= 0.6 is 0 Å². The third-order valence-corrected chi connectivity index (χ3v) is 3.44. The summed E-state index contributed by atoms with van der Waals surface area (Å²) in [6, 6.07) is 8.92. The summed E-state index contributed by atoms with van der Waals surface area (Å²) in [7, 11) is 0. The number of aromatic nitrogens is 4. The Morgan fingerprint density at radius 3 is 2.17 bits per heavy atom. The topological polar surface area (TPSA) is 86.2 Å². The summed E-state index contributed by atoms with van der Waals surface area (Å²) in [5.41, 5.74) is 7.81. The van der Waals surface area contributed by atoms with E-state index in [1.807, 2.05) is 73.6 Å². The van der Waals surface area contributed by atoms with Crippen LogP contribution in [0, 0.1) is 0 Å². The molecule has 0 saturated carbocycles. The Morgan fingerprint density at radius 1 is 1.00 bits per heavy atom. The van der Waals surface area contributed by atoms with Crippen LogP contribution < -0.4 is 5.73 Å². The van der Waals surface area contributed by atoms with Crippen molar-refractivity contribution in [3.63, 3.8) is 0 Å². The maximum absolute atomic E-state index is 12.2. The van der Waals surface area contributed by atoms with E-state index in [4.69, 9.17) is 5.73 Å². The van der Waals surface area contributed by atoms with Crippen molar-refractivity contribution in [3.8, 4) is 11.5 Å². The molecule has 3 aromatic rings. The second-order valence-corrected chi connectivity index (χ2v) is 5.12. The van der Waals surface area contributed by atoms with Gasteiger partial charge in [-0.05, 0) is 30.7 Å². The van der Waals surface area contributed by atoms with Crippen LogP contribution in [0.25, 0.3) is 17.2 Å². The summed E-state index contributed by atoms with van der Waals surface area (Å²) in [5.74, 6) is 0.968. The highest BCUT2D eigenvalue weighted by atomic mass is 16.1. The second kappa shape index (κ2) is 18.3. The van der Waals surface area contributed by atoms with Crippen LogP contribution in [0.4, 0.5) is 5.82 Å². The maximum atomic E-state index is 12.2. The van der Waals surface area contributed by atoms with Crippen molar-refractivity contribution in [2.45, 2.75) is 81.6 Å². The Morgan fingerprint density at radius 2 is 1.63 bits per heavy atom. The molecule has 168 valence electrons. The van der Waals surface area contributed by atoms with Crippen LogP contribution in [-0.4, -0.2) is 25.4 Å². The second-order valence-electron chi connectivity index (χ2n) is 5.12. The van der Waals surface area contributed by atoms with Crippen molar-refractivity contribution >= 4 is 17.2 Å². The van der Waals surface area contributed by atoms with Gasteiger partial charge in [0.25, 0.3) is 0 Å². The lowest BCUT2D eigenvalue weighted by atomic mass is 10.1. The van der Waals surface area contributed by atoms with Gasteiger partial charge in [-0.1, -0.05) is 74.8 Å². The van der Waals surface area contributed by atoms with Crippen LogP contribution in [0.15, 0.2) is 36.5 Å². The van der Waals surface area contributed by atoms with E-state index >= 15 is 0 Å². The van der Waals surface area contributed by atoms with Gasteiger partial charge in [-0.3, -0.25) is 9.78 Å². The molecule has 0 fully saturated rings. The molecule has 0 spiro atoms. The van der Waals surface area contributed by atoms with Crippen LogP contribution in [-0.2, 0) is 0 Å². The normalized spacial score (nSPS) is 8.83. The zero-order chi connectivity index (χ0) is 23.5. The number of carbonyl (C=O) groups is 1. The number of nitrogen functional groups attached to an aromatic ring is 1. The number of fused-ring (bicyclic) bond motifs is 1. The Kier molecular flexibility index (Phi) is 17.9. The van der Waals surface area contributed by atoms with Gasteiger partial charge in [0.1, 0.15) is 11.5 Å². The highest BCUT2D eigenvalue weighted by molar-refractivity contribution is 5.97. The number of nitrogens with zero attached hydrogens (tertiary/aromatic N) is 4. The lowest BCUT2D eigenvalue weighted by Gasteiger charge is -2.03. The van der Waals surface area contributed by atoms with Gasteiger partial charge >= 0.3 is 0 Å². The lowest BCUT2D eigenvalue weighted by molar-refractivity contribution is 0.0980. The average Bonchev–Trinajstić information content (AvgIpc) is 3.28. The minimum atomic E-state index is 0.0819. The van der Waals surface area contributed by atoms with Gasteiger partial charge < -0.3 is 5.73 Å². The number of carbonyl (C=O) groups excluding carboxylic acids is 1. The van der Waals surface area contributed by atoms with Gasteiger partial charge in [0.2, 0.25) is 5.82 Å². The first-order chi connectivity index (χ1) is 14.7. The first kappa shape index (κ1) is 29.4. The Bertz CT molecular complexity index is 813. The number of hydrogen-bond acceptors (Lipinski definition) is 5. The lowest BCUT2D eigenvalue weighted by Crippen LogP contribution is -2.04. The molecule has 0 saturated heterocycles. The third kappa shape index (κ3) is 8.72. The van der Waals surface area contributed by atoms with Gasteiger partial charge in [-0.2, -0.15) is 4.52 Å². The number of anilines is 1. The Balaban J connectivity index is 0. The number of pyridine rings is 2. The molecular weight excluding hydrogens is 374 g/mol. The van der Waals surface area contributed by atoms with Crippen molar-refractivity contribution in [2.24, 2.45) is 0 Å². The molecule has 6 nitrogen and oxygen atoms in total. The molecule has 0 aromatic carbocycles. The van der Waals surface area contributed by atoms with E-state index in [1.165, 1.54) is 4.52 Å². The standard InChI is InChI=1S/C16H17N5O.4C2H6/c1-2-3-7-13(22)11-9-14(17)21-15(10-11)19-16(20-21)12-6-4-5-8-18-12;4*1-2/h4-6,8-10H,2-3,7,17H2,1H3;4*1-2H3. The molecule has 6 heteroatoms. The number of rotatable bonds is 5. The van der Waals surface area contributed by atoms with Crippen molar-refractivity contribution in [1.29, 1.82) is 0 Å². The molecule has 30 heavy (non-hydrogen) atoms. The molecule has 0 amide bonds. The van der Waals surface area contributed by atoms with E-state index in [0.29, 0.717) is 35.0 Å². The molecule has 0 unspecified atom stereocenters. The summed E-state index contributed by atoms with van der Waals surface area (Å²) < 4.78 is 1.53. The number of unbranched alkanes of at least 4 members (excludes halogenated alkanes) is 1. The van der Waals surface area contributed by atoms with Crippen molar-refractivity contribution in [1.82, 2.24) is 19.6 Å². The monoisotopic (exact) mass is 415 g/mol. The molecule has 0 radical (unpaired) electrons. The molecule has 0 aliphatic heterocycles. The smallest absolute Gasteiger partial charge is 0.200 e. The largest absolute Gasteiger partial charge is 0.384 e. The predicted molar refractivity (Wildman–Crippen MR) is 130 cm³/mol. The van der Waals surface area contributed by atoms with E-state index in [9.17, 15) is 4.79 Å². The number of hydrogen-bond donors (Lipinski definition) is 1. The van der Waals surface area contributed by atoms with Crippen LogP contribution in [0.5, 0.6) is 0 Å². The summed E-state index contributed by atoms with van der Waals surface area (Å²) in [6.45, 7) is 18.1. The van der Waals surface area contributed by atoms with Crippen molar-refractivity contribution in [2.75, 3.05) is 5.73 Å². The van der Waals surface area contributed by atoms with Crippen LogP contribution in [0.3, 0.4) is 0 Å².